The van der Waals surface area contributed by atoms with Crippen LogP contribution in [-0.2, 0) is 13.5 Å². The number of nitrogens with zero attached hydrogens (tertiary/aromatic N) is 4. The van der Waals surface area contributed by atoms with E-state index in [-0.39, 0.29) is 23.3 Å². The smallest absolute Gasteiger partial charge is 0.286 e. The third-order valence-electron chi connectivity index (χ3n) is 4.35. The highest BCUT2D eigenvalue weighted by Crippen LogP contribution is 2.21. The first kappa shape index (κ1) is 18.2. The van der Waals surface area contributed by atoms with Crippen LogP contribution in [-0.4, -0.2) is 19.1 Å². The van der Waals surface area contributed by atoms with E-state index >= 15 is 0 Å². The summed E-state index contributed by atoms with van der Waals surface area (Å²) < 4.78 is 43.9. The molecule has 5 nitrogen and oxygen atoms in total. The number of hydrogen-bond acceptors (Lipinski definition) is 3. The van der Waals surface area contributed by atoms with Crippen LogP contribution in [0.25, 0.3) is 16.9 Å². The highest BCUT2D eigenvalue weighted by Gasteiger charge is 2.19. The lowest BCUT2D eigenvalue weighted by Crippen LogP contribution is -2.25. The van der Waals surface area contributed by atoms with E-state index in [1.807, 2.05) is 0 Å². The number of imidazole rings is 1. The van der Waals surface area contributed by atoms with Gasteiger partial charge < -0.3 is 4.57 Å². The van der Waals surface area contributed by atoms with Crippen LogP contribution in [0.2, 0.25) is 5.02 Å². The Labute approximate surface area is 161 Å². The zero-order valence-corrected chi connectivity index (χ0v) is 15.2. The predicted octanol–water partition coefficient (Wildman–Crippen LogP) is 3.78. The molecule has 0 unspecified atom stereocenters. The van der Waals surface area contributed by atoms with Crippen LogP contribution in [0.5, 0.6) is 0 Å². The molecule has 0 aliphatic rings. The number of aromatic nitrogens is 4. The van der Waals surface area contributed by atoms with Crippen molar-refractivity contribution < 1.29 is 13.2 Å². The quantitative estimate of drug-likeness (QED) is 0.488. The summed E-state index contributed by atoms with van der Waals surface area (Å²) in [6.45, 7) is 0. The monoisotopic (exact) mass is 404 g/mol. The minimum absolute atomic E-state index is 0.130. The number of fused-ring (bicyclic) bond motifs is 1. The first-order valence-corrected chi connectivity index (χ1v) is 8.56. The van der Waals surface area contributed by atoms with Crippen LogP contribution in [0.1, 0.15) is 11.4 Å². The standard InChI is InChI=1S/C19H12ClF3N4O/c1-26-9-24-17-18(26)25-14(8-10-2-7-13(21)16(23)15(10)22)27(19(17)28)12-5-3-11(20)4-6-12/h2-7,9H,8H2,1H3. The second-order valence-electron chi connectivity index (χ2n) is 6.18. The second kappa shape index (κ2) is 6.79. The van der Waals surface area contributed by atoms with Gasteiger partial charge in [-0.05, 0) is 35.9 Å². The van der Waals surface area contributed by atoms with E-state index in [1.165, 1.54) is 10.9 Å². The third-order valence-corrected chi connectivity index (χ3v) is 4.61. The molecular formula is C19H12ClF3N4O. The van der Waals surface area contributed by atoms with Crippen LogP contribution in [0.15, 0.2) is 47.5 Å². The summed E-state index contributed by atoms with van der Waals surface area (Å²) in [4.78, 5) is 21.5. The Morgan fingerprint density at radius 1 is 1.04 bits per heavy atom. The Balaban J connectivity index is 1.97. The van der Waals surface area contributed by atoms with E-state index in [4.69, 9.17) is 11.6 Å². The minimum Gasteiger partial charge on any atom is -0.318 e. The minimum atomic E-state index is -1.57. The van der Waals surface area contributed by atoms with Gasteiger partial charge >= 0.3 is 0 Å². The van der Waals surface area contributed by atoms with Crippen molar-refractivity contribution in [1.29, 1.82) is 0 Å². The summed E-state index contributed by atoms with van der Waals surface area (Å²) in [7, 11) is 1.66. The summed E-state index contributed by atoms with van der Waals surface area (Å²) >= 11 is 5.91. The van der Waals surface area contributed by atoms with Gasteiger partial charge in [-0.3, -0.25) is 9.36 Å². The Morgan fingerprint density at radius 2 is 1.75 bits per heavy atom. The normalized spacial score (nSPS) is 11.3. The van der Waals surface area contributed by atoms with E-state index in [0.717, 1.165) is 12.1 Å². The average Bonchev–Trinajstić information content (AvgIpc) is 3.05. The highest BCUT2D eigenvalue weighted by molar-refractivity contribution is 6.30. The van der Waals surface area contributed by atoms with E-state index in [2.05, 4.69) is 9.97 Å². The predicted molar refractivity (Wildman–Crippen MR) is 98.2 cm³/mol. The Kier molecular flexibility index (Phi) is 4.43. The fraction of sp³-hybridized carbons (Fsp3) is 0.105. The molecule has 0 saturated heterocycles. The van der Waals surface area contributed by atoms with Gasteiger partial charge in [0.15, 0.2) is 28.6 Å². The van der Waals surface area contributed by atoms with Crippen LogP contribution < -0.4 is 5.56 Å². The van der Waals surface area contributed by atoms with Crippen LogP contribution in [0.4, 0.5) is 13.2 Å². The van der Waals surface area contributed by atoms with Crippen molar-refractivity contribution >= 4 is 22.8 Å². The molecule has 2 aromatic carbocycles. The van der Waals surface area contributed by atoms with Crippen molar-refractivity contribution in [2.45, 2.75) is 6.42 Å². The molecule has 9 heteroatoms. The maximum atomic E-state index is 14.2. The average molecular weight is 405 g/mol. The van der Waals surface area contributed by atoms with Gasteiger partial charge in [0.05, 0.1) is 12.0 Å². The Bertz CT molecular complexity index is 1270. The first-order valence-electron chi connectivity index (χ1n) is 8.18. The molecule has 4 rings (SSSR count). The fourth-order valence-corrected chi connectivity index (χ4v) is 3.08. The van der Waals surface area contributed by atoms with Crippen LogP contribution >= 0.6 is 11.6 Å². The highest BCUT2D eigenvalue weighted by atomic mass is 35.5. The van der Waals surface area contributed by atoms with Crippen LogP contribution in [0, 0.1) is 17.5 Å². The van der Waals surface area contributed by atoms with Crippen molar-refractivity contribution in [1.82, 2.24) is 19.1 Å². The third kappa shape index (κ3) is 2.95. The Hall–Kier alpha value is -3.13. The van der Waals surface area contributed by atoms with Crippen molar-refractivity contribution in [2.24, 2.45) is 7.05 Å². The summed E-state index contributed by atoms with van der Waals surface area (Å²) in [5.74, 6) is -4.03. The van der Waals surface area contributed by atoms with Gasteiger partial charge in [0, 0.05) is 18.5 Å². The second-order valence-corrected chi connectivity index (χ2v) is 6.62. The number of rotatable bonds is 3. The molecule has 0 atom stereocenters. The number of benzene rings is 2. The lowest BCUT2D eigenvalue weighted by molar-refractivity contribution is 0.441. The largest absolute Gasteiger partial charge is 0.318 e. The molecule has 0 amide bonds. The van der Waals surface area contributed by atoms with Crippen LogP contribution in [0.3, 0.4) is 0 Å². The van der Waals surface area contributed by atoms with Gasteiger partial charge in [-0.25, -0.2) is 23.1 Å². The molecule has 0 radical (unpaired) electrons. The van der Waals surface area contributed by atoms with Gasteiger partial charge in [0.25, 0.3) is 5.56 Å². The molecule has 0 fully saturated rings. The van der Waals surface area contributed by atoms with Gasteiger partial charge in [-0.1, -0.05) is 17.7 Å². The number of halogens is 4. The molecule has 2 heterocycles. The molecule has 142 valence electrons. The number of aryl methyl sites for hydroxylation is 1. The van der Waals surface area contributed by atoms with E-state index in [1.54, 1.807) is 35.9 Å². The number of hydrogen-bond donors (Lipinski definition) is 0. The maximum Gasteiger partial charge on any atom is 0.286 e. The molecule has 28 heavy (non-hydrogen) atoms. The molecule has 0 saturated carbocycles. The van der Waals surface area contributed by atoms with Gasteiger partial charge in [-0.15, -0.1) is 0 Å². The van der Waals surface area contributed by atoms with E-state index in [9.17, 15) is 18.0 Å². The molecule has 0 spiro atoms. The van der Waals surface area contributed by atoms with Crippen molar-refractivity contribution in [3.8, 4) is 5.69 Å². The molecule has 4 aromatic rings. The molecule has 0 aliphatic carbocycles. The van der Waals surface area contributed by atoms with Gasteiger partial charge in [-0.2, -0.15) is 0 Å². The molecule has 2 aromatic heterocycles. The van der Waals surface area contributed by atoms with Crippen molar-refractivity contribution in [3.63, 3.8) is 0 Å². The van der Waals surface area contributed by atoms with Gasteiger partial charge in [0.1, 0.15) is 5.82 Å². The summed E-state index contributed by atoms with van der Waals surface area (Å²) in [6, 6.07) is 8.35. The molecular weight excluding hydrogens is 393 g/mol. The maximum absolute atomic E-state index is 14.2. The topological polar surface area (TPSA) is 52.7 Å². The molecule has 0 aliphatic heterocycles. The fourth-order valence-electron chi connectivity index (χ4n) is 2.95. The zero-order chi connectivity index (χ0) is 20.0. The van der Waals surface area contributed by atoms with E-state index in [0.29, 0.717) is 16.4 Å². The van der Waals surface area contributed by atoms with Crippen molar-refractivity contribution in [3.05, 3.63) is 86.9 Å². The van der Waals surface area contributed by atoms with Crippen molar-refractivity contribution in [2.75, 3.05) is 0 Å². The lowest BCUT2D eigenvalue weighted by atomic mass is 10.1. The summed E-state index contributed by atoms with van der Waals surface area (Å²) in [6.07, 6.45) is 1.20. The SMILES string of the molecule is Cn1cnc2c(=O)n(-c3ccc(Cl)cc3)c(Cc3ccc(F)c(F)c3F)nc21. The lowest BCUT2D eigenvalue weighted by Gasteiger charge is -2.13. The molecule has 0 bridgehead atoms. The van der Waals surface area contributed by atoms with Gasteiger partial charge in [0.2, 0.25) is 0 Å². The first-order chi connectivity index (χ1) is 13.4. The zero-order valence-electron chi connectivity index (χ0n) is 14.5. The summed E-state index contributed by atoms with van der Waals surface area (Å²) in [5.41, 5.74) is 0.272. The summed E-state index contributed by atoms with van der Waals surface area (Å²) in [5, 5.41) is 0.469. The molecule has 0 N–H and O–H groups in total. The Morgan fingerprint density at radius 3 is 2.46 bits per heavy atom. The van der Waals surface area contributed by atoms with E-state index < -0.39 is 23.0 Å².